The Morgan fingerprint density at radius 2 is 1.70 bits per heavy atom. The molecule has 2 aromatic rings. The molecule has 2 rings (SSSR count). The first-order chi connectivity index (χ1) is 9.60. The highest BCUT2D eigenvalue weighted by molar-refractivity contribution is 5.63. The van der Waals surface area contributed by atoms with E-state index in [1.165, 1.54) is 0 Å². The van der Waals surface area contributed by atoms with E-state index in [1.54, 1.807) is 14.2 Å². The van der Waals surface area contributed by atoms with Gasteiger partial charge >= 0.3 is 0 Å². The van der Waals surface area contributed by atoms with Gasteiger partial charge in [0.15, 0.2) is 17.3 Å². The van der Waals surface area contributed by atoms with Crippen LogP contribution in [0.25, 0.3) is 11.4 Å². The van der Waals surface area contributed by atoms with Gasteiger partial charge in [-0.05, 0) is 32.0 Å². The molecule has 0 aliphatic carbocycles. The average molecular weight is 273 g/mol. The number of nitrogens with one attached hydrogen (secondary N) is 1. The Balaban J connectivity index is 2.54. The summed E-state index contributed by atoms with van der Waals surface area (Å²) in [6.45, 7) is 3.97. The molecular formula is C15H19N3O2. The fourth-order valence-corrected chi connectivity index (χ4v) is 1.98. The van der Waals surface area contributed by atoms with E-state index in [0.717, 1.165) is 22.6 Å². The van der Waals surface area contributed by atoms with E-state index in [2.05, 4.69) is 15.3 Å². The lowest BCUT2D eigenvalue weighted by Gasteiger charge is -2.12. The van der Waals surface area contributed by atoms with Crippen LogP contribution < -0.4 is 14.8 Å². The number of aromatic nitrogens is 2. The molecule has 0 amide bonds. The highest BCUT2D eigenvalue weighted by atomic mass is 16.5. The molecule has 5 heteroatoms. The van der Waals surface area contributed by atoms with Gasteiger partial charge in [-0.1, -0.05) is 0 Å². The number of benzene rings is 1. The molecule has 0 radical (unpaired) electrons. The Kier molecular flexibility index (Phi) is 4.08. The third kappa shape index (κ3) is 2.52. The summed E-state index contributed by atoms with van der Waals surface area (Å²) in [5.74, 6) is 2.85. The van der Waals surface area contributed by atoms with Crippen molar-refractivity contribution in [3.05, 3.63) is 29.5 Å². The predicted molar refractivity (Wildman–Crippen MR) is 79.6 cm³/mol. The SMILES string of the molecule is CNc1nc(-c2ccc(OC)c(OC)c2)nc(C)c1C. The smallest absolute Gasteiger partial charge is 0.161 e. The normalized spacial score (nSPS) is 10.2. The van der Waals surface area contributed by atoms with E-state index in [0.29, 0.717) is 17.3 Å². The standard InChI is InChI=1S/C15H19N3O2/c1-9-10(2)17-15(18-14(9)16-3)11-6-7-12(19-4)13(8-11)20-5/h6-8H,1-5H3,(H,16,17,18). The average Bonchev–Trinajstić information content (AvgIpc) is 2.49. The number of ether oxygens (including phenoxy) is 2. The van der Waals surface area contributed by atoms with Crippen LogP contribution >= 0.6 is 0 Å². The van der Waals surface area contributed by atoms with Gasteiger partial charge in [0.05, 0.1) is 14.2 Å². The molecule has 1 aromatic carbocycles. The van der Waals surface area contributed by atoms with Gasteiger partial charge in [0.1, 0.15) is 5.82 Å². The lowest BCUT2D eigenvalue weighted by Crippen LogP contribution is -2.03. The minimum absolute atomic E-state index is 0.665. The fourth-order valence-electron chi connectivity index (χ4n) is 1.98. The second kappa shape index (κ2) is 5.77. The van der Waals surface area contributed by atoms with Crippen molar-refractivity contribution in [1.29, 1.82) is 0 Å². The zero-order valence-electron chi connectivity index (χ0n) is 12.4. The molecule has 0 fully saturated rings. The number of nitrogens with zero attached hydrogens (tertiary/aromatic N) is 2. The van der Waals surface area contributed by atoms with Crippen LogP contribution in [-0.2, 0) is 0 Å². The van der Waals surface area contributed by atoms with Gasteiger partial charge in [0.2, 0.25) is 0 Å². The molecule has 1 aromatic heterocycles. The molecule has 20 heavy (non-hydrogen) atoms. The molecule has 1 N–H and O–H groups in total. The second-order valence-corrected chi connectivity index (χ2v) is 4.43. The molecule has 0 spiro atoms. The molecule has 0 aliphatic heterocycles. The van der Waals surface area contributed by atoms with Crippen molar-refractivity contribution in [2.24, 2.45) is 0 Å². The molecule has 5 nitrogen and oxygen atoms in total. The Labute approximate surface area is 119 Å². The summed E-state index contributed by atoms with van der Waals surface area (Å²) in [7, 11) is 5.08. The van der Waals surface area contributed by atoms with Gasteiger partial charge in [-0.15, -0.1) is 0 Å². The number of rotatable bonds is 4. The van der Waals surface area contributed by atoms with Crippen LogP contribution in [0.1, 0.15) is 11.3 Å². The maximum Gasteiger partial charge on any atom is 0.161 e. The van der Waals surface area contributed by atoms with Gasteiger partial charge in [-0.25, -0.2) is 9.97 Å². The van der Waals surface area contributed by atoms with E-state index in [-0.39, 0.29) is 0 Å². The minimum atomic E-state index is 0.665. The van der Waals surface area contributed by atoms with Crippen molar-refractivity contribution in [2.45, 2.75) is 13.8 Å². The highest BCUT2D eigenvalue weighted by Gasteiger charge is 2.11. The van der Waals surface area contributed by atoms with Crippen LogP contribution in [0.5, 0.6) is 11.5 Å². The molecule has 1 heterocycles. The molecule has 0 atom stereocenters. The van der Waals surface area contributed by atoms with Gasteiger partial charge in [-0.3, -0.25) is 0 Å². The van der Waals surface area contributed by atoms with Crippen LogP contribution in [0.2, 0.25) is 0 Å². The summed E-state index contributed by atoms with van der Waals surface area (Å²) >= 11 is 0. The van der Waals surface area contributed by atoms with E-state index < -0.39 is 0 Å². The first-order valence-electron chi connectivity index (χ1n) is 6.36. The molecule has 0 bridgehead atoms. The van der Waals surface area contributed by atoms with Crippen LogP contribution in [0.15, 0.2) is 18.2 Å². The lowest BCUT2D eigenvalue weighted by atomic mass is 10.1. The molecular weight excluding hydrogens is 254 g/mol. The number of hydrogen-bond acceptors (Lipinski definition) is 5. The summed E-state index contributed by atoms with van der Waals surface area (Å²) < 4.78 is 10.5. The number of aryl methyl sites for hydroxylation is 1. The van der Waals surface area contributed by atoms with Crippen LogP contribution in [0.3, 0.4) is 0 Å². The second-order valence-electron chi connectivity index (χ2n) is 4.43. The first kappa shape index (κ1) is 14.1. The van der Waals surface area contributed by atoms with E-state index in [4.69, 9.17) is 9.47 Å². The fraction of sp³-hybridized carbons (Fsp3) is 0.333. The van der Waals surface area contributed by atoms with Crippen molar-refractivity contribution in [3.8, 4) is 22.9 Å². The van der Waals surface area contributed by atoms with E-state index >= 15 is 0 Å². The van der Waals surface area contributed by atoms with E-state index in [9.17, 15) is 0 Å². The number of hydrogen-bond donors (Lipinski definition) is 1. The lowest BCUT2D eigenvalue weighted by molar-refractivity contribution is 0.355. The number of anilines is 1. The third-order valence-electron chi connectivity index (χ3n) is 3.27. The maximum absolute atomic E-state index is 5.31. The van der Waals surface area contributed by atoms with Crippen molar-refractivity contribution >= 4 is 5.82 Å². The minimum Gasteiger partial charge on any atom is -0.493 e. The molecule has 0 saturated carbocycles. The van der Waals surface area contributed by atoms with Gasteiger partial charge < -0.3 is 14.8 Å². The largest absolute Gasteiger partial charge is 0.493 e. The maximum atomic E-state index is 5.31. The van der Waals surface area contributed by atoms with Gasteiger partial charge in [0, 0.05) is 23.9 Å². The van der Waals surface area contributed by atoms with E-state index in [1.807, 2.05) is 39.1 Å². The topological polar surface area (TPSA) is 56.3 Å². The third-order valence-corrected chi connectivity index (χ3v) is 3.27. The van der Waals surface area contributed by atoms with Crippen molar-refractivity contribution in [3.63, 3.8) is 0 Å². The Bertz CT molecular complexity index is 627. The number of methoxy groups -OCH3 is 2. The van der Waals surface area contributed by atoms with Crippen molar-refractivity contribution < 1.29 is 9.47 Å². The van der Waals surface area contributed by atoms with Crippen LogP contribution in [0.4, 0.5) is 5.82 Å². The summed E-state index contributed by atoms with van der Waals surface area (Å²) in [6, 6.07) is 5.65. The summed E-state index contributed by atoms with van der Waals surface area (Å²) in [5, 5.41) is 3.09. The zero-order chi connectivity index (χ0) is 14.7. The quantitative estimate of drug-likeness (QED) is 0.928. The van der Waals surface area contributed by atoms with Crippen LogP contribution in [-0.4, -0.2) is 31.2 Å². The molecule has 0 unspecified atom stereocenters. The van der Waals surface area contributed by atoms with Crippen molar-refractivity contribution in [1.82, 2.24) is 9.97 Å². The highest BCUT2D eigenvalue weighted by Crippen LogP contribution is 2.31. The monoisotopic (exact) mass is 273 g/mol. The molecule has 106 valence electrons. The first-order valence-corrected chi connectivity index (χ1v) is 6.36. The molecule has 0 saturated heterocycles. The molecule has 0 aliphatic rings. The van der Waals surface area contributed by atoms with Gasteiger partial charge in [-0.2, -0.15) is 0 Å². The zero-order valence-corrected chi connectivity index (χ0v) is 12.4. The Morgan fingerprint density at radius 1 is 1.00 bits per heavy atom. The Morgan fingerprint density at radius 3 is 2.30 bits per heavy atom. The summed E-state index contributed by atoms with van der Waals surface area (Å²) in [5.41, 5.74) is 2.90. The summed E-state index contributed by atoms with van der Waals surface area (Å²) in [4.78, 5) is 9.07. The van der Waals surface area contributed by atoms with Crippen molar-refractivity contribution in [2.75, 3.05) is 26.6 Å². The Hall–Kier alpha value is -2.30. The van der Waals surface area contributed by atoms with Crippen LogP contribution in [0, 0.1) is 13.8 Å². The predicted octanol–water partition coefficient (Wildman–Crippen LogP) is 2.82. The van der Waals surface area contributed by atoms with Gasteiger partial charge in [0.25, 0.3) is 0 Å². The summed E-state index contributed by atoms with van der Waals surface area (Å²) in [6.07, 6.45) is 0.